The van der Waals surface area contributed by atoms with Crippen LogP contribution in [0.3, 0.4) is 0 Å². The first-order valence-corrected chi connectivity index (χ1v) is 14.9. The Morgan fingerprint density at radius 3 is 2.36 bits per heavy atom. The number of nitrogens with one attached hydrogen (secondary N) is 2. The molecule has 0 aliphatic carbocycles. The molecule has 1 aliphatic rings. The van der Waals surface area contributed by atoms with Gasteiger partial charge in [-0.3, -0.25) is 19.2 Å². The van der Waals surface area contributed by atoms with E-state index in [9.17, 15) is 24.3 Å². The van der Waals surface area contributed by atoms with Crippen molar-refractivity contribution in [3.05, 3.63) is 0 Å². The van der Waals surface area contributed by atoms with Gasteiger partial charge in [0.2, 0.25) is 11.8 Å². The summed E-state index contributed by atoms with van der Waals surface area (Å²) in [7, 11) is 0. The molecule has 3 N–H and O–H groups in total. The Balaban J connectivity index is 2.12. The van der Waals surface area contributed by atoms with E-state index in [2.05, 4.69) is 10.6 Å². The quantitative estimate of drug-likeness (QED) is 0.198. The smallest absolute Gasteiger partial charge is 0.306 e. The number of hydrogen-bond acceptors (Lipinski definition) is 9. The van der Waals surface area contributed by atoms with E-state index in [-0.39, 0.29) is 47.7 Å². The minimum absolute atomic E-state index is 0.0393. The molecule has 0 aromatic heterocycles. The monoisotopic (exact) mass is 574 g/mol. The number of carbonyl (C=O) groups excluding carboxylic acids is 4. The van der Waals surface area contributed by atoms with Gasteiger partial charge in [0.1, 0.15) is 11.7 Å². The zero-order valence-electron chi connectivity index (χ0n) is 24.9. The van der Waals surface area contributed by atoms with Crippen molar-refractivity contribution in [1.29, 1.82) is 0 Å². The van der Waals surface area contributed by atoms with E-state index in [0.717, 1.165) is 11.8 Å². The third-order valence-corrected chi connectivity index (χ3v) is 6.81. The number of hydrogen-bond donors (Lipinski definition) is 3. The van der Waals surface area contributed by atoms with Crippen LogP contribution in [-0.4, -0.2) is 77.1 Å². The lowest BCUT2D eigenvalue weighted by Gasteiger charge is -2.26. The van der Waals surface area contributed by atoms with Gasteiger partial charge in [0.15, 0.2) is 10.9 Å². The van der Waals surface area contributed by atoms with Crippen molar-refractivity contribution in [2.24, 2.45) is 5.41 Å². The van der Waals surface area contributed by atoms with Crippen molar-refractivity contribution >= 4 is 34.7 Å². The lowest BCUT2D eigenvalue weighted by Crippen LogP contribution is -2.43. The fraction of sp³-hybridized carbons (Fsp3) is 0.857. The van der Waals surface area contributed by atoms with Crippen LogP contribution in [0.5, 0.6) is 0 Å². The van der Waals surface area contributed by atoms with Gasteiger partial charge in [0.25, 0.3) is 0 Å². The molecular weight excluding hydrogens is 524 g/mol. The Morgan fingerprint density at radius 2 is 1.69 bits per heavy atom. The van der Waals surface area contributed by atoms with Crippen molar-refractivity contribution in [2.75, 3.05) is 25.4 Å². The number of amides is 2. The fourth-order valence-corrected chi connectivity index (χ4v) is 4.59. The van der Waals surface area contributed by atoms with E-state index in [1.54, 1.807) is 13.8 Å². The minimum Gasteiger partial charge on any atom is -0.460 e. The van der Waals surface area contributed by atoms with Gasteiger partial charge in [-0.25, -0.2) is 0 Å². The molecule has 2 atom stereocenters. The van der Waals surface area contributed by atoms with Crippen LogP contribution in [0, 0.1) is 5.41 Å². The highest BCUT2D eigenvalue weighted by molar-refractivity contribution is 8.13. The van der Waals surface area contributed by atoms with Crippen LogP contribution in [0.25, 0.3) is 0 Å². The molecule has 2 amide bonds. The molecule has 0 aromatic rings. The third-order valence-electron chi connectivity index (χ3n) is 5.88. The third kappa shape index (κ3) is 17.6. The van der Waals surface area contributed by atoms with Gasteiger partial charge < -0.3 is 30.0 Å². The Hall–Kier alpha value is -1.69. The number of unbranched alkanes of at least 4 members (excludes halogenated alkanes) is 1. The second-order valence-corrected chi connectivity index (χ2v) is 13.5. The van der Waals surface area contributed by atoms with E-state index in [1.807, 2.05) is 34.6 Å². The highest BCUT2D eigenvalue weighted by atomic mass is 32.2. The van der Waals surface area contributed by atoms with E-state index >= 15 is 0 Å². The molecule has 1 heterocycles. The van der Waals surface area contributed by atoms with Crippen LogP contribution in [0.2, 0.25) is 0 Å². The molecule has 1 fully saturated rings. The maximum absolute atomic E-state index is 12.6. The standard InChI is InChI=1S/C28H50N2O8S/c1-26(2,3)38-23(33)11-9-8-10-20(31)12-13-24(34)39-17-16-29-22(32)14-15-30-25(35)21-18-27(4,5)19-36-28(6,7)37-21/h20-21,31H,8-19H2,1-7H3,(H,29,32)(H,30,35)/t20-,21-/m1/s1. The van der Waals surface area contributed by atoms with Gasteiger partial charge in [-0.1, -0.05) is 32.0 Å². The summed E-state index contributed by atoms with van der Waals surface area (Å²) in [5.41, 5.74) is -0.700. The van der Waals surface area contributed by atoms with E-state index in [1.165, 1.54) is 0 Å². The Bertz CT molecular complexity index is 792. The summed E-state index contributed by atoms with van der Waals surface area (Å²) in [6, 6.07) is 0. The number of esters is 1. The normalized spacial score (nSPS) is 19.4. The minimum atomic E-state index is -0.858. The number of aliphatic hydroxyl groups excluding tert-OH is 1. The van der Waals surface area contributed by atoms with Crippen molar-refractivity contribution in [3.8, 4) is 0 Å². The predicted molar refractivity (Wildman–Crippen MR) is 151 cm³/mol. The maximum atomic E-state index is 12.6. The van der Waals surface area contributed by atoms with Gasteiger partial charge in [-0.2, -0.15) is 0 Å². The van der Waals surface area contributed by atoms with Gasteiger partial charge in [-0.15, -0.1) is 0 Å². The summed E-state index contributed by atoms with van der Waals surface area (Å²) in [5, 5.41) is 15.6. The lowest BCUT2D eigenvalue weighted by atomic mass is 9.87. The SMILES string of the molecule is CC1(C)COC(C)(C)O[C@@H](C(=O)NCCC(=O)NCCSC(=O)CC[C@H](O)CCCCC(=O)OC(C)(C)C)C1. The van der Waals surface area contributed by atoms with Crippen LogP contribution < -0.4 is 10.6 Å². The highest BCUT2D eigenvalue weighted by Crippen LogP contribution is 2.32. The van der Waals surface area contributed by atoms with E-state index in [4.69, 9.17) is 14.2 Å². The van der Waals surface area contributed by atoms with Gasteiger partial charge in [0.05, 0.1) is 12.7 Å². The number of rotatable bonds is 15. The highest BCUT2D eigenvalue weighted by Gasteiger charge is 2.38. The molecule has 0 bridgehead atoms. The van der Waals surface area contributed by atoms with Crippen molar-refractivity contribution < 1.29 is 38.5 Å². The van der Waals surface area contributed by atoms with Crippen molar-refractivity contribution in [2.45, 2.75) is 123 Å². The summed E-state index contributed by atoms with van der Waals surface area (Å²) >= 11 is 1.12. The van der Waals surface area contributed by atoms with Gasteiger partial charge in [-0.05, 0) is 65.7 Å². The fourth-order valence-electron chi connectivity index (χ4n) is 3.89. The molecule has 0 saturated carbocycles. The molecule has 226 valence electrons. The van der Waals surface area contributed by atoms with Crippen LogP contribution in [0.4, 0.5) is 0 Å². The van der Waals surface area contributed by atoms with Gasteiger partial charge in [0, 0.05) is 38.1 Å². The van der Waals surface area contributed by atoms with Gasteiger partial charge >= 0.3 is 5.97 Å². The average molecular weight is 575 g/mol. The van der Waals surface area contributed by atoms with E-state index in [0.29, 0.717) is 57.4 Å². The van der Waals surface area contributed by atoms with Crippen LogP contribution in [-0.2, 0) is 33.4 Å². The molecule has 0 aromatic carbocycles. The largest absolute Gasteiger partial charge is 0.460 e. The topological polar surface area (TPSA) is 140 Å². The first kappa shape index (κ1) is 35.3. The van der Waals surface area contributed by atoms with E-state index < -0.39 is 23.6 Å². The van der Waals surface area contributed by atoms with Crippen molar-refractivity contribution in [1.82, 2.24) is 10.6 Å². The first-order valence-electron chi connectivity index (χ1n) is 13.9. The molecule has 1 rings (SSSR count). The Morgan fingerprint density at radius 1 is 1.00 bits per heavy atom. The summed E-state index contributed by atoms with van der Waals surface area (Å²) in [6.45, 7) is 14.1. The zero-order chi connectivity index (χ0) is 29.7. The summed E-state index contributed by atoms with van der Waals surface area (Å²) < 4.78 is 16.8. The number of thioether (sulfide) groups is 1. The molecule has 1 aliphatic heterocycles. The second-order valence-electron chi connectivity index (χ2n) is 12.3. The molecule has 0 spiro atoms. The lowest BCUT2D eigenvalue weighted by molar-refractivity contribution is -0.223. The molecule has 11 heteroatoms. The number of aliphatic hydroxyl groups is 1. The van der Waals surface area contributed by atoms with Crippen LogP contribution in [0.1, 0.15) is 99.8 Å². The average Bonchev–Trinajstić information content (AvgIpc) is 2.91. The number of carbonyl (C=O) groups is 4. The van der Waals surface area contributed by atoms with Crippen molar-refractivity contribution in [3.63, 3.8) is 0 Å². The maximum Gasteiger partial charge on any atom is 0.306 e. The Kier molecular flexibility index (Phi) is 15.0. The molecule has 0 unspecified atom stereocenters. The summed E-state index contributed by atoms with van der Waals surface area (Å²) in [6.07, 6.45) is 2.20. The Labute approximate surface area is 238 Å². The molecule has 10 nitrogen and oxygen atoms in total. The second kappa shape index (κ2) is 16.5. The zero-order valence-corrected chi connectivity index (χ0v) is 25.7. The predicted octanol–water partition coefficient (Wildman–Crippen LogP) is 3.48. The molecule has 0 radical (unpaired) electrons. The van der Waals surface area contributed by atoms with Crippen LogP contribution in [0.15, 0.2) is 0 Å². The van der Waals surface area contributed by atoms with Crippen LogP contribution >= 0.6 is 11.8 Å². The first-order chi connectivity index (χ1) is 18.0. The number of ether oxygens (including phenoxy) is 3. The molecular formula is C28H50N2O8S. The summed E-state index contributed by atoms with van der Waals surface area (Å²) in [5.74, 6) is -1.14. The summed E-state index contributed by atoms with van der Waals surface area (Å²) in [4.78, 5) is 48.4. The molecule has 1 saturated heterocycles. The molecule has 39 heavy (non-hydrogen) atoms.